The number of alkyl halides is 1. The van der Waals surface area contributed by atoms with Gasteiger partial charge in [-0.05, 0) is 36.5 Å². The number of hydrogen-bond donors (Lipinski definition) is 0. The summed E-state index contributed by atoms with van der Waals surface area (Å²) < 4.78 is 0. The van der Waals surface area contributed by atoms with Crippen LogP contribution in [0.5, 0.6) is 0 Å². The van der Waals surface area contributed by atoms with E-state index in [4.69, 9.17) is 11.6 Å². The topological polar surface area (TPSA) is 43.1 Å². The summed E-state index contributed by atoms with van der Waals surface area (Å²) in [5, 5.41) is 11.0. The third kappa shape index (κ3) is 3.19. The van der Waals surface area contributed by atoms with Gasteiger partial charge in [0.25, 0.3) is 5.69 Å². The van der Waals surface area contributed by atoms with E-state index in [-0.39, 0.29) is 10.7 Å². The number of rotatable bonds is 4. The molecule has 0 aliphatic rings. The van der Waals surface area contributed by atoms with Crippen LogP contribution in [0.1, 0.15) is 37.3 Å². The van der Waals surface area contributed by atoms with E-state index in [1.165, 1.54) is 0 Å². The van der Waals surface area contributed by atoms with Gasteiger partial charge in [0.15, 0.2) is 0 Å². The lowest BCUT2D eigenvalue weighted by molar-refractivity contribution is -0.384. The molecular formula is C12H15BrClNO2. The van der Waals surface area contributed by atoms with E-state index in [0.29, 0.717) is 10.7 Å². The monoisotopic (exact) mass is 319 g/mol. The van der Waals surface area contributed by atoms with Crippen LogP contribution in [-0.2, 0) is 0 Å². The van der Waals surface area contributed by atoms with Crippen molar-refractivity contribution < 1.29 is 4.92 Å². The second-order valence-corrected chi connectivity index (χ2v) is 5.96. The minimum Gasteiger partial charge on any atom is -0.258 e. The first-order chi connectivity index (χ1) is 7.88. The number of nitro benzene ring substituents is 1. The minimum atomic E-state index is -0.447. The highest BCUT2D eigenvalue weighted by Gasteiger charge is 2.21. The molecule has 0 saturated heterocycles. The van der Waals surface area contributed by atoms with Crippen molar-refractivity contribution in [2.24, 2.45) is 0 Å². The van der Waals surface area contributed by atoms with Crippen LogP contribution in [0, 0.1) is 17.0 Å². The zero-order chi connectivity index (χ0) is 13.2. The minimum absolute atomic E-state index is 0.0232. The molecule has 0 bridgehead atoms. The van der Waals surface area contributed by atoms with Crippen molar-refractivity contribution >= 4 is 33.2 Å². The smallest absolute Gasteiger partial charge is 0.258 e. The normalized spacial score (nSPS) is 14.4. The summed E-state index contributed by atoms with van der Waals surface area (Å²) in [5.41, 5.74) is 1.97. The van der Waals surface area contributed by atoms with Crippen molar-refractivity contribution in [2.75, 3.05) is 0 Å². The predicted molar refractivity (Wildman–Crippen MR) is 74.3 cm³/mol. The van der Waals surface area contributed by atoms with Gasteiger partial charge < -0.3 is 0 Å². The van der Waals surface area contributed by atoms with E-state index >= 15 is 0 Å². The Balaban J connectivity index is 3.28. The van der Waals surface area contributed by atoms with Gasteiger partial charge in [0.05, 0.1) is 4.92 Å². The van der Waals surface area contributed by atoms with Crippen molar-refractivity contribution in [1.29, 1.82) is 0 Å². The lowest BCUT2D eigenvalue weighted by Crippen LogP contribution is -2.10. The first-order valence-corrected chi connectivity index (χ1v) is 6.76. The van der Waals surface area contributed by atoms with E-state index in [0.717, 1.165) is 17.5 Å². The fourth-order valence-corrected chi connectivity index (χ4v) is 2.91. The van der Waals surface area contributed by atoms with Crippen LogP contribution >= 0.6 is 27.5 Å². The van der Waals surface area contributed by atoms with Gasteiger partial charge in [-0.1, -0.05) is 41.4 Å². The maximum atomic E-state index is 10.8. The van der Waals surface area contributed by atoms with E-state index < -0.39 is 4.92 Å². The molecule has 0 N–H and O–H groups in total. The number of nitro groups is 1. The molecule has 0 aliphatic carbocycles. The quantitative estimate of drug-likeness (QED) is 0.453. The maximum absolute atomic E-state index is 10.8. The van der Waals surface area contributed by atoms with Crippen LogP contribution in [0.25, 0.3) is 0 Å². The summed E-state index contributed by atoms with van der Waals surface area (Å²) in [4.78, 5) is 10.6. The largest absolute Gasteiger partial charge is 0.288 e. The number of hydrogen-bond acceptors (Lipinski definition) is 2. The Labute approximate surface area is 114 Å². The Morgan fingerprint density at radius 3 is 2.53 bits per heavy atom. The predicted octanol–water partition coefficient (Wildman–Crippen LogP) is 4.83. The number of aryl methyl sites for hydroxylation is 1. The van der Waals surface area contributed by atoms with Gasteiger partial charge in [-0.2, -0.15) is 0 Å². The van der Waals surface area contributed by atoms with Gasteiger partial charge >= 0.3 is 0 Å². The number of halogens is 2. The Morgan fingerprint density at radius 1 is 1.53 bits per heavy atom. The van der Waals surface area contributed by atoms with Gasteiger partial charge in [0.1, 0.15) is 5.02 Å². The second kappa shape index (κ2) is 5.83. The molecular weight excluding hydrogens is 305 g/mol. The number of nitrogens with zero attached hydrogens (tertiary/aromatic N) is 1. The van der Waals surface area contributed by atoms with Crippen LogP contribution in [0.3, 0.4) is 0 Å². The van der Waals surface area contributed by atoms with E-state index in [1.807, 2.05) is 6.92 Å². The fraction of sp³-hybridized carbons (Fsp3) is 0.500. The lowest BCUT2D eigenvalue weighted by Gasteiger charge is -2.20. The van der Waals surface area contributed by atoms with Crippen molar-refractivity contribution in [3.8, 4) is 0 Å². The van der Waals surface area contributed by atoms with Crippen molar-refractivity contribution in [3.05, 3.63) is 38.4 Å². The van der Waals surface area contributed by atoms with Crippen LogP contribution in [-0.4, -0.2) is 9.75 Å². The van der Waals surface area contributed by atoms with Crippen LogP contribution in [0.4, 0.5) is 5.69 Å². The molecule has 5 heteroatoms. The van der Waals surface area contributed by atoms with Gasteiger partial charge in [-0.25, -0.2) is 0 Å². The highest BCUT2D eigenvalue weighted by Crippen LogP contribution is 2.35. The van der Waals surface area contributed by atoms with Gasteiger partial charge in [0, 0.05) is 10.9 Å². The van der Waals surface area contributed by atoms with Crippen LogP contribution in [0.15, 0.2) is 12.1 Å². The number of benzene rings is 1. The Kier molecular flexibility index (Phi) is 4.95. The second-order valence-electron chi connectivity index (χ2n) is 4.11. The standard InChI is InChI=1S/C12H15BrClNO2/c1-4-9(8(3)13)10-6-11(14)12(15(16)17)5-7(10)2/h5-6,8-9H,4H2,1-3H3. The molecule has 0 spiro atoms. The van der Waals surface area contributed by atoms with E-state index in [1.54, 1.807) is 12.1 Å². The molecule has 1 rings (SSSR count). The van der Waals surface area contributed by atoms with Crippen LogP contribution in [0.2, 0.25) is 5.02 Å². The zero-order valence-corrected chi connectivity index (χ0v) is 12.4. The molecule has 0 radical (unpaired) electrons. The summed E-state index contributed by atoms with van der Waals surface area (Å²) in [6.07, 6.45) is 0.960. The summed E-state index contributed by atoms with van der Waals surface area (Å²) in [6, 6.07) is 3.27. The molecule has 17 heavy (non-hydrogen) atoms. The molecule has 0 saturated carbocycles. The maximum Gasteiger partial charge on any atom is 0.288 e. The molecule has 94 valence electrons. The highest BCUT2D eigenvalue weighted by atomic mass is 79.9. The molecule has 1 aromatic rings. The summed E-state index contributed by atoms with van der Waals surface area (Å²) in [6.45, 7) is 6.05. The average Bonchev–Trinajstić information content (AvgIpc) is 2.22. The highest BCUT2D eigenvalue weighted by molar-refractivity contribution is 9.09. The first kappa shape index (κ1) is 14.5. The Morgan fingerprint density at radius 2 is 2.12 bits per heavy atom. The molecule has 0 fully saturated rings. The fourth-order valence-electron chi connectivity index (χ4n) is 2.01. The van der Waals surface area contributed by atoms with Gasteiger partial charge in [0.2, 0.25) is 0 Å². The summed E-state index contributed by atoms with van der Waals surface area (Å²) >= 11 is 9.51. The van der Waals surface area contributed by atoms with Crippen molar-refractivity contribution in [2.45, 2.75) is 37.9 Å². The summed E-state index contributed by atoms with van der Waals surface area (Å²) in [5.74, 6) is 0.313. The van der Waals surface area contributed by atoms with E-state index in [9.17, 15) is 10.1 Å². The van der Waals surface area contributed by atoms with Gasteiger partial charge in [-0.3, -0.25) is 10.1 Å². The van der Waals surface area contributed by atoms with Crippen molar-refractivity contribution in [3.63, 3.8) is 0 Å². The third-order valence-electron chi connectivity index (χ3n) is 2.93. The first-order valence-electron chi connectivity index (χ1n) is 5.47. The molecule has 2 atom stereocenters. The average molecular weight is 321 g/mol. The Hall–Kier alpha value is -0.610. The van der Waals surface area contributed by atoms with Crippen LogP contribution < -0.4 is 0 Å². The summed E-state index contributed by atoms with van der Waals surface area (Å²) in [7, 11) is 0. The molecule has 0 aromatic heterocycles. The molecule has 0 heterocycles. The third-order valence-corrected chi connectivity index (χ3v) is 3.87. The molecule has 0 amide bonds. The zero-order valence-electron chi connectivity index (χ0n) is 10.0. The molecule has 2 unspecified atom stereocenters. The lowest BCUT2D eigenvalue weighted by atomic mass is 9.90. The van der Waals surface area contributed by atoms with E-state index in [2.05, 4.69) is 29.8 Å². The SMILES string of the molecule is CCC(c1cc(Cl)c([N+](=O)[O-])cc1C)C(C)Br. The van der Waals surface area contributed by atoms with Gasteiger partial charge in [-0.15, -0.1) is 0 Å². The van der Waals surface area contributed by atoms with Crippen molar-refractivity contribution in [1.82, 2.24) is 0 Å². The molecule has 0 aliphatic heterocycles. The molecule has 3 nitrogen and oxygen atoms in total. The molecule has 1 aromatic carbocycles. The Bertz CT molecular complexity index is 435.